The zero-order valence-corrected chi connectivity index (χ0v) is 27.6. The standard InChI is InChI=1S/C34H59NO8/c1-6-8-10-12-13-14-15-16-17-18-19-21-23-25-32(37)43-30(28-41-31(36)24-22-20-11-9-7-2)29-42-34(33(38)39)40-27-26-35(3,4)5/h8,10,13-14,16-17,30,34H,6-7,9,11-12,15,18-29H2,1-5H3/p+1/b10-8-,14-13-,17-16-. The fourth-order valence-electron chi connectivity index (χ4n) is 3.85. The first-order valence-electron chi connectivity index (χ1n) is 16.2. The van der Waals surface area contributed by atoms with Gasteiger partial charge in [-0.15, -0.1) is 0 Å². The fourth-order valence-corrected chi connectivity index (χ4v) is 3.85. The van der Waals surface area contributed by atoms with Crippen molar-refractivity contribution in [3.63, 3.8) is 0 Å². The molecule has 0 rings (SSSR count). The van der Waals surface area contributed by atoms with E-state index in [1.165, 1.54) is 0 Å². The van der Waals surface area contributed by atoms with Gasteiger partial charge in [-0.25, -0.2) is 4.79 Å². The Kier molecular flexibility index (Phi) is 25.5. The van der Waals surface area contributed by atoms with Gasteiger partial charge in [0, 0.05) is 12.8 Å². The van der Waals surface area contributed by atoms with Crippen LogP contribution in [0.15, 0.2) is 36.5 Å². The van der Waals surface area contributed by atoms with Crippen molar-refractivity contribution < 1.29 is 42.9 Å². The van der Waals surface area contributed by atoms with Crippen LogP contribution in [0.2, 0.25) is 0 Å². The maximum atomic E-state index is 12.5. The number of likely N-dealkylation sites (N-methyl/N-ethyl adjacent to an activating group) is 1. The van der Waals surface area contributed by atoms with Crippen molar-refractivity contribution in [3.8, 4) is 0 Å². The van der Waals surface area contributed by atoms with Crippen molar-refractivity contribution in [2.45, 2.75) is 116 Å². The first-order valence-corrected chi connectivity index (χ1v) is 16.2. The van der Waals surface area contributed by atoms with E-state index in [1.807, 2.05) is 21.1 Å². The molecular weight excluding hydrogens is 550 g/mol. The lowest BCUT2D eigenvalue weighted by molar-refractivity contribution is -0.870. The van der Waals surface area contributed by atoms with E-state index in [-0.39, 0.29) is 38.6 Å². The Bertz CT molecular complexity index is 816. The van der Waals surface area contributed by atoms with Crippen molar-refractivity contribution >= 4 is 17.9 Å². The Hall–Kier alpha value is -2.49. The summed E-state index contributed by atoms with van der Waals surface area (Å²) in [6.07, 6.45) is 22.5. The molecule has 0 bridgehead atoms. The summed E-state index contributed by atoms with van der Waals surface area (Å²) in [5.41, 5.74) is 0. The Morgan fingerprint density at radius 3 is 1.95 bits per heavy atom. The number of unbranched alkanes of at least 4 members (excludes halogenated alkanes) is 7. The molecule has 0 aromatic heterocycles. The molecule has 0 spiro atoms. The van der Waals surface area contributed by atoms with Gasteiger partial charge in [-0.05, 0) is 44.9 Å². The minimum atomic E-state index is -1.51. The van der Waals surface area contributed by atoms with E-state index >= 15 is 0 Å². The summed E-state index contributed by atoms with van der Waals surface area (Å²) in [4.78, 5) is 36.4. The van der Waals surface area contributed by atoms with Crippen molar-refractivity contribution in [1.82, 2.24) is 0 Å². The molecule has 0 heterocycles. The van der Waals surface area contributed by atoms with Crippen LogP contribution in [-0.4, -0.2) is 87.4 Å². The minimum Gasteiger partial charge on any atom is -0.477 e. The number of esters is 2. The molecule has 248 valence electrons. The first kappa shape index (κ1) is 40.5. The van der Waals surface area contributed by atoms with Crippen molar-refractivity contribution in [3.05, 3.63) is 36.5 Å². The number of hydrogen-bond acceptors (Lipinski definition) is 7. The third-order valence-corrected chi connectivity index (χ3v) is 6.41. The molecule has 0 amide bonds. The third kappa shape index (κ3) is 28.1. The quantitative estimate of drug-likeness (QED) is 0.0340. The molecule has 0 radical (unpaired) electrons. The number of carbonyl (C=O) groups is 3. The van der Waals surface area contributed by atoms with Gasteiger partial charge in [0.15, 0.2) is 6.10 Å². The highest BCUT2D eigenvalue weighted by atomic mass is 16.7. The fraction of sp³-hybridized carbons (Fsp3) is 0.735. The molecule has 0 fully saturated rings. The van der Waals surface area contributed by atoms with Gasteiger partial charge >= 0.3 is 17.9 Å². The van der Waals surface area contributed by atoms with E-state index in [1.54, 1.807) is 0 Å². The lowest BCUT2D eigenvalue weighted by Crippen LogP contribution is -2.40. The summed E-state index contributed by atoms with van der Waals surface area (Å²) >= 11 is 0. The molecule has 9 heteroatoms. The second-order valence-electron chi connectivity index (χ2n) is 11.7. The molecule has 1 N–H and O–H groups in total. The largest absolute Gasteiger partial charge is 0.477 e. The molecule has 0 saturated carbocycles. The van der Waals surface area contributed by atoms with E-state index in [9.17, 15) is 19.5 Å². The normalized spacial score (nSPS) is 13.6. The second-order valence-corrected chi connectivity index (χ2v) is 11.7. The minimum absolute atomic E-state index is 0.181. The number of ether oxygens (including phenoxy) is 4. The van der Waals surface area contributed by atoms with Crippen LogP contribution >= 0.6 is 0 Å². The predicted molar refractivity (Wildman–Crippen MR) is 170 cm³/mol. The summed E-state index contributed by atoms with van der Waals surface area (Å²) in [6.45, 7) is 4.57. The average Bonchev–Trinajstić information content (AvgIpc) is 2.94. The van der Waals surface area contributed by atoms with Gasteiger partial charge in [0.05, 0.1) is 34.4 Å². The van der Waals surface area contributed by atoms with E-state index in [4.69, 9.17) is 18.9 Å². The molecule has 2 atom stereocenters. The van der Waals surface area contributed by atoms with Gasteiger partial charge in [0.25, 0.3) is 6.29 Å². The van der Waals surface area contributed by atoms with E-state index < -0.39 is 24.3 Å². The lowest BCUT2D eigenvalue weighted by Gasteiger charge is -2.25. The van der Waals surface area contributed by atoms with Gasteiger partial charge in [0.2, 0.25) is 0 Å². The highest BCUT2D eigenvalue weighted by molar-refractivity contribution is 5.71. The van der Waals surface area contributed by atoms with E-state index in [2.05, 4.69) is 50.3 Å². The van der Waals surface area contributed by atoms with Crippen LogP contribution in [-0.2, 0) is 33.3 Å². The maximum absolute atomic E-state index is 12.5. The SMILES string of the molecule is CC/C=C\C/C=C\C/C=C\CCCCCC(=O)OC(COC(=O)CCCCCCC)COC(OCC[N+](C)(C)C)C(=O)O. The van der Waals surface area contributed by atoms with Crippen molar-refractivity contribution in [2.24, 2.45) is 0 Å². The van der Waals surface area contributed by atoms with Gasteiger partial charge < -0.3 is 28.5 Å². The molecule has 9 nitrogen and oxygen atoms in total. The van der Waals surface area contributed by atoms with Crippen LogP contribution < -0.4 is 0 Å². The molecule has 0 aliphatic carbocycles. The van der Waals surface area contributed by atoms with Gasteiger partial charge in [-0.2, -0.15) is 0 Å². The highest BCUT2D eigenvalue weighted by Gasteiger charge is 2.25. The summed E-state index contributed by atoms with van der Waals surface area (Å²) < 4.78 is 22.3. The van der Waals surface area contributed by atoms with Gasteiger partial charge in [-0.1, -0.05) is 82.4 Å². The van der Waals surface area contributed by atoms with Crippen molar-refractivity contribution in [2.75, 3.05) is 47.5 Å². The lowest BCUT2D eigenvalue weighted by atomic mass is 10.1. The number of carboxylic acids is 1. The number of hydrogen-bond donors (Lipinski definition) is 1. The molecule has 0 aliphatic rings. The van der Waals surface area contributed by atoms with Crippen molar-refractivity contribution in [1.29, 1.82) is 0 Å². The number of carbonyl (C=O) groups excluding carboxylic acids is 2. The van der Waals surface area contributed by atoms with Crippen LogP contribution in [0.3, 0.4) is 0 Å². The van der Waals surface area contributed by atoms with Gasteiger partial charge in [0.1, 0.15) is 13.2 Å². The maximum Gasteiger partial charge on any atom is 0.361 e. The first-order chi connectivity index (χ1) is 20.6. The van der Waals surface area contributed by atoms with Crippen LogP contribution in [0.1, 0.15) is 104 Å². The third-order valence-electron chi connectivity index (χ3n) is 6.41. The molecule has 0 aromatic carbocycles. The summed E-state index contributed by atoms with van der Waals surface area (Å²) in [7, 11) is 5.91. The summed E-state index contributed by atoms with van der Waals surface area (Å²) in [5, 5.41) is 9.50. The van der Waals surface area contributed by atoms with E-state index in [0.29, 0.717) is 17.4 Å². The summed E-state index contributed by atoms with van der Waals surface area (Å²) in [5.74, 6) is -2.08. The number of nitrogens with zero attached hydrogens (tertiary/aromatic N) is 1. The van der Waals surface area contributed by atoms with Crippen LogP contribution in [0.5, 0.6) is 0 Å². The summed E-state index contributed by atoms with van der Waals surface area (Å²) in [6, 6.07) is 0. The molecule has 0 aliphatic heterocycles. The van der Waals surface area contributed by atoms with Crippen LogP contribution in [0.25, 0.3) is 0 Å². The number of aliphatic carboxylic acids is 1. The molecule has 0 saturated heterocycles. The van der Waals surface area contributed by atoms with E-state index in [0.717, 1.165) is 70.6 Å². The number of rotatable bonds is 28. The zero-order chi connectivity index (χ0) is 32.2. The topological polar surface area (TPSA) is 108 Å². The number of allylic oxidation sites excluding steroid dienone is 6. The average molecular weight is 611 g/mol. The van der Waals surface area contributed by atoms with Gasteiger partial charge in [-0.3, -0.25) is 9.59 Å². The number of carboxylic acid groups (broad SMARTS) is 1. The van der Waals surface area contributed by atoms with Crippen LogP contribution in [0, 0.1) is 0 Å². The molecule has 0 aromatic rings. The Balaban J connectivity index is 4.64. The highest BCUT2D eigenvalue weighted by Crippen LogP contribution is 2.10. The Morgan fingerprint density at radius 1 is 0.721 bits per heavy atom. The van der Waals surface area contributed by atoms with Crippen LogP contribution in [0.4, 0.5) is 0 Å². The Morgan fingerprint density at radius 2 is 1.33 bits per heavy atom. The predicted octanol–water partition coefficient (Wildman–Crippen LogP) is 6.76. The smallest absolute Gasteiger partial charge is 0.361 e. The molecule has 2 unspecified atom stereocenters. The monoisotopic (exact) mass is 610 g/mol. The Labute approximate surface area is 260 Å². The molecule has 43 heavy (non-hydrogen) atoms. The molecular formula is C34H60NO8+. The number of quaternary nitrogens is 1. The second kappa shape index (κ2) is 27.1. The zero-order valence-electron chi connectivity index (χ0n) is 27.6.